The van der Waals surface area contributed by atoms with Gasteiger partial charge in [-0.3, -0.25) is 0 Å². The summed E-state index contributed by atoms with van der Waals surface area (Å²) >= 11 is 0. The van der Waals surface area contributed by atoms with Crippen LogP contribution >= 0.6 is 0 Å². The lowest BCUT2D eigenvalue weighted by Gasteiger charge is -2.07. The Morgan fingerprint density at radius 1 is 1.04 bits per heavy atom. The molecule has 132 valence electrons. The molecule has 0 saturated carbocycles. The van der Waals surface area contributed by atoms with Crippen molar-refractivity contribution in [1.29, 1.82) is 0 Å². The van der Waals surface area contributed by atoms with Crippen molar-refractivity contribution in [2.45, 2.75) is 13.5 Å². The van der Waals surface area contributed by atoms with Gasteiger partial charge < -0.3 is 8.98 Å². The minimum atomic E-state index is 0.447. The number of nitrogens with one attached hydrogen (secondary N) is 1. The number of benzene rings is 2. The largest absolute Gasteiger partial charge is 0.454 e. The maximum absolute atomic E-state index is 6.24. The number of aromatic amines is 1. The van der Waals surface area contributed by atoms with Crippen LogP contribution in [-0.2, 0) is 6.54 Å². The van der Waals surface area contributed by atoms with Crippen molar-refractivity contribution in [1.82, 2.24) is 30.2 Å². The van der Waals surface area contributed by atoms with Gasteiger partial charge in [-0.1, -0.05) is 53.7 Å². The molecule has 0 saturated heterocycles. The summed E-state index contributed by atoms with van der Waals surface area (Å²) in [4.78, 5) is 4.67. The summed E-state index contributed by atoms with van der Waals surface area (Å²) in [6.07, 6.45) is 1.79. The van der Waals surface area contributed by atoms with E-state index >= 15 is 0 Å². The fraction of sp³-hybridized carbons (Fsp3) is 0.100. The third-order valence-corrected chi connectivity index (χ3v) is 4.64. The van der Waals surface area contributed by atoms with Gasteiger partial charge in [-0.05, 0) is 13.0 Å². The predicted octanol–water partition coefficient (Wildman–Crippen LogP) is 3.83. The molecule has 1 N–H and O–H groups in total. The van der Waals surface area contributed by atoms with Crippen LogP contribution in [0.5, 0.6) is 0 Å². The third-order valence-electron chi connectivity index (χ3n) is 4.64. The molecule has 5 aromatic rings. The lowest BCUT2D eigenvalue weighted by Crippen LogP contribution is -2.03. The van der Waals surface area contributed by atoms with Gasteiger partial charge in [0.15, 0.2) is 11.6 Å². The quantitative estimate of drug-likeness (QED) is 0.529. The number of hydrogen-bond acceptors (Lipinski definition) is 5. The van der Waals surface area contributed by atoms with Crippen LogP contribution in [0.2, 0.25) is 0 Å². The molecule has 0 radical (unpaired) electrons. The van der Waals surface area contributed by atoms with E-state index in [0.29, 0.717) is 12.4 Å². The van der Waals surface area contributed by atoms with E-state index in [1.165, 1.54) is 0 Å². The predicted molar refractivity (Wildman–Crippen MR) is 101 cm³/mol. The summed E-state index contributed by atoms with van der Waals surface area (Å²) in [7, 11) is 0. The highest BCUT2D eigenvalue weighted by Gasteiger charge is 2.22. The summed E-state index contributed by atoms with van der Waals surface area (Å²) in [5.74, 6) is 1.39. The summed E-state index contributed by atoms with van der Waals surface area (Å²) < 4.78 is 8.24. The standard InChI is InChI=1S/C20H16N6O/c1-13-15-9-5-6-10-16(15)27-20(13)19-18(14-7-3-2-4-8-14)21-12-26(19)11-17-22-24-25-23-17/h2-10,12H,11H2,1H3,(H,22,23,24,25). The van der Waals surface area contributed by atoms with Gasteiger partial charge in [0, 0.05) is 16.5 Å². The van der Waals surface area contributed by atoms with E-state index in [9.17, 15) is 0 Å². The molecule has 2 aromatic carbocycles. The van der Waals surface area contributed by atoms with Crippen molar-refractivity contribution in [3.05, 3.63) is 72.3 Å². The Balaban J connectivity index is 1.74. The molecule has 0 spiro atoms. The first kappa shape index (κ1) is 15.5. The molecule has 27 heavy (non-hydrogen) atoms. The van der Waals surface area contributed by atoms with Crippen molar-refractivity contribution in [2.24, 2.45) is 0 Å². The molecule has 5 rings (SSSR count). The summed E-state index contributed by atoms with van der Waals surface area (Å²) in [5.41, 5.74) is 4.73. The number of hydrogen-bond donors (Lipinski definition) is 1. The SMILES string of the molecule is Cc1c(-c2c(-c3ccccc3)ncn2Cc2nn[nH]n2)oc2ccccc12. The fourth-order valence-electron chi connectivity index (χ4n) is 3.35. The number of rotatable bonds is 4. The van der Waals surface area contributed by atoms with E-state index in [2.05, 4.69) is 38.6 Å². The zero-order valence-corrected chi connectivity index (χ0v) is 14.6. The number of furan rings is 1. The molecule has 0 bridgehead atoms. The van der Waals surface area contributed by atoms with Crippen molar-refractivity contribution in [3.63, 3.8) is 0 Å². The Kier molecular flexibility index (Phi) is 3.57. The second-order valence-electron chi connectivity index (χ2n) is 6.32. The summed E-state index contributed by atoms with van der Waals surface area (Å²) in [6.45, 7) is 2.52. The van der Waals surface area contributed by atoms with E-state index in [1.807, 2.05) is 53.1 Å². The number of H-pyrrole nitrogens is 1. The molecule has 0 aliphatic rings. The van der Waals surface area contributed by atoms with Crippen molar-refractivity contribution < 1.29 is 4.42 Å². The first-order valence-electron chi connectivity index (χ1n) is 8.62. The van der Waals surface area contributed by atoms with Gasteiger partial charge in [0.25, 0.3) is 0 Å². The normalized spacial score (nSPS) is 11.3. The molecule has 0 atom stereocenters. The first-order chi connectivity index (χ1) is 13.3. The number of tetrazole rings is 1. The smallest absolute Gasteiger partial charge is 0.194 e. The number of nitrogens with zero attached hydrogens (tertiary/aromatic N) is 5. The number of imidazole rings is 1. The number of aromatic nitrogens is 6. The van der Waals surface area contributed by atoms with Crippen LogP contribution in [0.25, 0.3) is 33.7 Å². The van der Waals surface area contributed by atoms with Gasteiger partial charge in [-0.15, -0.1) is 10.2 Å². The van der Waals surface area contributed by atoms with E-state index in [0.717, 1.165) is 39.2 Å². The van der Waals surface area contributed by atoms with Crippen molar-refractivity contribution in [3.8, 4) is 22.7 Å². The van der Waals surface area contributed by atoms with Crippen LogP contribution in [-0.4, -0.2) is 30.2 Å². The molecule has 0 aliphatic heterocycles. The molecular formula is C20H16N6O. The molecule has 0 fully saturated rings. The highest BCUT2D eigenvalue weighted by molar-refractivity contribution is 5.90. The zero-order chi connectivity index (χ0) is 18.2. The van der Waals surface area contributed by atoms with E-state index < -0.39 is 0 Å². The maximum atomic E-state index is 6.24. The van der Waals surface area contributed by atoms with Crippen LogP contribution < -0.4 is 0 Å². The molecule has 0 aliphatic carbocycles. The minimum Gasteiger partial charge on any atom is -0.454 e. The van der Waals surface area contributed by atoms with Gasteiger partial charge >= 0.3 is 0 Å². The average Bonchev–Trinajstić information content (AvgIpc) is 3.43. The van der Waals surface area contributed by atoms with Crippen LogP contribution in [0.4, 0.5) is 0 Å². The second kappa shape index (κ2) is 6.21. The number of para-hydroxylation sites is 1. The van der Waals surface area contributed by atoms with Gasteiger partial charge in [0.05, 0.1) is 18.6 Å². The highest BCUT2D eigenvalue weighted by Crippen LogP contribution is 2.38. The fourth-order valence-corrected chi connectivity index (χ4v) is 3.35. The topological polar surface area (TPSA) is 85.4 Å². The Labute approximate surface area is 154 Å². The van der Waals surface area contributed by atoms with Crippen LogP contribution in [0, 0.1) is 6.92 Å². The average molecular weight is 356 g/mol. The Bertz CT molecular complexity index is 1200. The third kappa shape index (κ3) is 2.60. The van der Waals surface area contributed by atoms with E-state index in [-0.39, 0.29) is 0 Å². The van der Waals surface area contributed by atoms with E-state index in [1.54, 1.807) is 6.33 Å². The van der Waals surface area contributed by atoms with Gasteiger partial charge in [-0.2, -0.15) is 5.21 Å². The lowest BCUT2D eigenvalue weighted by atomic mass is 10.1. The van der Waals surface area contributed by atoms with Gasteiger partial charge in [0.1, 0.15) is 11.3 Å². The summed E-state index contributed by atoms with van der Waals surface area (Å²) in [6, 6.07) is 18.1. The summed E-state index contributed by atoms with van der Waals surface area (Å²) in [5, 5.41) is 15.4. The van der Waals surface area contributed by atoms with Crippen LogP contribution in [0.3, 0.4) is 0 Å². The Morgan fingerprint density at radius 3 is 2.63 bits per heavy atom. The maximum Gasteiger partial charge on any atom is 0.194 e. The molecule has 7 nitrogen and oxygen atoms in total. The van der Waals surface area contributed by atoms with Crippen LogP contribution in [0.1, 0.15) is 11.4 Å². The van der Waals surface area contributed by atoms with E-state index in [4.69, 9.17) is 4.42 Å². The zero-order valence-electron chi connectivity index (χ0n) is 14.6. The molecule has 0 amide bonds. The molecule has 0 unspecified atom stereocenters. The first-order valence-corrected chi connectivity index (χ1v) is 8.62. The van der Waals surface area contributed by atoms with Crippen LogP contribution in [0.15, 0.2) is 65.3 Å². The second-order valence-corrected chi connectivity index (χ2v) is 6.32. The number of fused-ring (bicyclic) bond motifs is 1. The minimum absolute atomic E-state index is 0.447. The number of aryl methyl sites for hydroxylation is 1. The molecule has 3 heterocycles. The lowest BCUT2D eigenvalue weighted by molar-refractivity contribution is 0.616. The van der Waals surface area contributed by atoms with Gasteiger partial charge in [-0.25, -0.2) is 4.98 Å². The molecule has 7 heteroatoms. The molecular weight excluding hydrogens is 340 g/mol. The highest BCUT2D eigenvalue weighted by atomic mass is 16.3. The Hall–Kier alpha value is -3.74. The van der Waals surface area contributed by atoms with Crippen molar-refractivity contribution >= 4 is 11.0 Å². The van der Waals surface area contributed by atoms with Gasteiger partial charge in [0.2, 0.25) is 0 Å². The monoisotopic (exact) mass is 356 g/mol. The molecule has 3 aromatic heterocycles. The Morgan fingerprint density at radius 2 is 1.85 bits per heavy atom. The van der Waals surface area contributed by atoms with Crippen molar-refractivity contribution in [2.75, 3.05) is 0 Å².